The summed E-state index contributed by atoms with van der Waals surface area (Å²) in [6, 6.07) is 11.5. The highest BCUT2D eigenvalue weighted by atomic mass is 16.5. The molecule has 162 valence electrons. The van der Waals surface area contributed by atoms with Gasteiger partial charge in [-0.25, -0.2) is 0 Å². The number of quaternary nitrogens is 1. The molecule has 7 heteroatoms. The minimum absolute atomic E-state index is 0.0903. The quantitative estimate of drug-likeness (QED) is 0.545. The Bertz CT molecular complexity index is 883. The summed E-state index contributed by atoms with van der Waals surface area (Å²) in [5, 5.41) is 5.83. The van der Waals surface area contributed by atoms with E-state index in [4.69, 9.17) is 9.47 Å². The van der Waals surface area contributed by atoms with Gasteiger partial charge >= 0.3 is 0 Å². The lowest BCUT2D eigenvalue weighted by Gasteiger charge is -2.15. The average Bonchev–Trinajstić information content (AvgIpc) is 2.71. The fourth-order valence-electron chi connectivity index (χ4n) is 3.14. The molecule has 0 aromatic heterocycles. The molecule has 0 aliphatic heterocycles. The first-order chi connectivity index (χ1) is 14.3. The predicted octanol–water partition coefficient (Wildman–Crippen LogP) is 1.13. The number of carbonyl (C=O) groups is 2. The number of hydrogen-bond donors (Lipinski definition) is 3. The van der Waals surface area contributed by atoms with Gasteiger partial charge in [0.05, 0.1) is 21.3 Å². The molecule has 7 nitrogen and oxygen atoms in total. The van der Waals surface area contributed by atoms with Gasteiger partial charge in [0.25, 0.3) is 11.8 Å². The fourth-order valence-corrected chi connectivity index (χ4v) is 3.14. The molecule has 30 heavy (non-hydrogen) atoms. The minimum atomic E-state index is -0.112. The smallest absolute Gasteiger partial charge is 0.279 e. The molecule has 2 aromatic rings. The summed E-state index contributed by atoms with van der Waals surface area (Å²) in [7, 11) is 5.02. The van der Waals surface area contributed by atoms with Gasteiger partial charge in [0, 0.05) is 12.2 Å². The summed E-state index contributed by atoms with van der Waals surface area (Å²) in [6.45, 7) is 4.95. The van der Waals surface area contributed by atoms with Crippen LogP contribution in [0.3, 0.4) is 0 Å². The monoisotopic (exact) mass is 414 g/mol. The van der Waals surface area contributed by atoms with Crippen molar-refractivity contribution in [2.45, 2.75) is 20.3 Å². The van der Waals surface area contributed by atoms with Crippen molar-refractivity contribution in [2.24, 2.45) is 0 Å². The highest BCUT2D eigenvalue weighted by Crippen LogP contribution is 2.27. The van der Waals surface area contributed by atoms with Crippen molar-refractivity contribution in [2.75, 3.05) is 46.2 Å². The minimum Gasteiger partial charge on any atom is -0.493 e. The topological polar surface area (TPSA) is 81.1 Å². The van der Waals surface area contributed by atoms with Crippen LogP contribution in [0.5, 0.6) is 11.5 Å². The Morgan fingerprint density at radius 2 is 1.67 bits per heavy atom. The maximum atomic E-state index is 12.3. The van der Waals surface area contributed by atoms with Gasteiger partial charge in [-0.2, -0.15) is 0 Å². The van der Waals surface area contributed by atoms with Crippen molar-refractivity contribution in [3.8, 4) is 11.5 Å². The van der Waals surface area contributed by atoms with Crippen LogP contribution in [0, 0.1) is 13.8 Å². The Hall–Kier alpha value is -3.06. The second-order valence-corrected chi connectivity index (χ2v) is 7.40. The van der Waals surface area contributed by atoms with E-state index < -0.39 is 0 Å². The highest BCUT2D eigenvalue weighted by Gasteiger charge is 2.15. The summed E-state index contributed by atoms with van der Waals surface area (Å²) in [5.74, 6) is 1.14. The van der Waals surface area contributed by atoms with Crippen molar-refractivity contribution in [1.29, 1.82) is 0 Å². The van der Waals surface area contributed by atoms with E-state index in [2.05, 4.69) is 10.6 Å². The fraction of sp³-hybridized carbons (Fsp3) is 0.391. The zero-order valence-electron chi connectivity index (χ0n) is 18.4. The lowest BCUT2D eigenvalue weighted by atomic mass is 10.1. The first-order valence-corrected chi connectivity index (χ1v) is 9.99. The third-order valence-corrected chi connectivity index (χ3v) is 4.99. The van der Waals surface area contributed by atoms with Gasteiger partial charge in [-0.3, -0.25) is 9.59 Å². The summed E-state index contributed by atoms with van der Waals surface area (Å²) < 4.78 is 10.5. The number of hydrogen-bond acceptors (Lipinski definition) is 4. The number of nitrogens with one attached hydrogen (secondary N) is 3. The van der Waals surface area contributed by atoms with E-state index in [9.17, 15) is 9.59 Å². The molecule has 0 saturated heterocycles. The Morgan fingerprint density at radius 1 is 0.967 bits per heavy atom. The largest absolute Gasteiger partial charge is 0.493 e. The van der Waals surface area contributed by atoms with E-state index in [1.54, 1.807) is 14.2 Å². The van der Waals surface area contributed by atoms with Crippen LogP contribution >= 0.6 is 0 Å². The van der Waals surface area contributed by atoms with Gasteiger partial charge < -0.3 is 25.0 Å². The summed E-state index contributed by atoms with van der Waals surface area (Å²) in [5.41, 5.74) is 4.03. The molecule has 0 spiro atoms. The van der Waals surface area contributed by atoms with Gasteiger partial charge in [0.1, 0.15) is 0 Å². The Labute approximate surface area is 178 Å². The number of carbonyl (C=O) groups excluding carboxylic acids is 2. The summed E-state index contributed by atoms with van der Waals surface area (Å²) in [6.07, 6.45) is 0.679. The number of benzene rings is 2. The zero-order chi connectivity index (χ0) is 22.1. The molecule has 0 aliphatic rings. The van der Waals surface area contributed by atoms with Crippen molar-refractivity contribution in [1.82, 2.24) is 5.32 Å². The predicted molar refractivity (Wildman–Crippen MR) is 117 cm³/mol. The van der Waals surface area contributed by atoms with E-state index >= 15 is 0 Å². The number of likely N-dealkylation sites (N-methyl/N-ethyl adjacent to an activating group) is 1. The first-order valence-electron chi connectivity index (χ1n) is 9.99. The van der Waals surface area contributed by atoms with E-state index in [0.717, 1.165) is 27.3 Å². The van der Waals surface area contributed by atoms with E-state index in [0.29, 0.717) is 24.5 Å². The van der Waals surface area contributed by atoms with Crippen molar-refractivity contribution in [3.63, 3.8) is 0 Å². The first kappa shape index (κ1) is 23.2. The van der Waals surface area contributed by atoms with Crippen molar-refractivity contribution >= 4 is 17.5 Å². The molecule has 0 aliphatic carbocycles. The maximum Gasteiger partial charge on any atom is 0.279 e. The average molecular weight is 415 g/mol. The van der Waals surface area contributed by atoms with Gasteiger partial charge in [0.2, 0.25) is 0 Å². The number of ether oxygens (including phenoxy) is 2. The molecular formula is C23H32N3O4+. The van der Waals surface area contributed by atoms with Crippen molar-refractivity contribution in [3.05, 3.63) is 53.1 Å². The van der Waals surface area contributed by atoms with E-state index in [1.807, 2.05) is 57.3 Å². The van der Waals surface area contributed by atoms with Gasteiger partial charge in [-0.15, -0.1) is 0 Å². The lowest BCUT2D eigenvalue weighted by molar-refractivity contribution is -0.862. The Kier molecular flexibility index (Phi) is 8.68. The van der Waals surface area contributed by atoms with Crippen LogP contribution in [0.4, 0.5) is 5.69 Å². The van der Waals surface area contributed by atoms with Crippen LogP contribution in [0.15, 0.2) is 36.4 Å². The molecule has 0 radical (unpaired) electrons. The molecule has 2 aromatic carbocycles. The van der Waals surface area contributed by atoms with Crippen LogP contribution < -0.4 is 25.0 Å². The number of aryl methyl sites for hydroxylation is 1. The SMILES string of the molecule is COc1ccc(CCNC(=O)C[NH+](C)CC(=O)Nc2cccc(C)c2C)cc1OC. The van der Waals surface area contributed by atoms with Crippen LogP contribution in [0.2, 0.25) is 0 Å². The van der Waals surface area contributed by atoms with Crippen LogP contribution in [0.1, 0.15) is 16.7 Å². The second kappa shape index (κ2) is 11.2. The normalized spacial score (nSPS) is 11.5. The standard InChI is InChI=1S/C23H31N3O4/c1-16-7-6-8-19(17(16)2)25-23(28)15-26(3)14-22(27)24-12-11-18-9-10-20(29-4)21(13-18)30-5/h6-10,13H,11-12,14-15H2,1-5H3,(H,24,27)(H,25,28)/p+1. The van der Waals surface area contributed by atoms with Gasteiger partial charge in [0.15, 0.2) is 24.6 Å². The molecule has 2 amide bonds. The third kappa shape index (κ3) is 6.77. The molecule has 0 fully saturated rings. The number of rotatable bonds is 10. The van der Waals surface area contributed by atoms with Crippen LogP contribution in [-0.2, 0) is 16.0 Å². The van der Waals surface area contributed by atoms with Crippen LogP contribution in [0.25, 0.3) is 0 Å². The summed E-state index contributed by atoms with van der Waals surface area (Å²) >= 11 is 0. The zero-order valence-corrected chi connectivity index (χ0v) is 18.4. The summed E-state index contributed by atoms with van der Waals surface area (Å²) in [4.78, 5) is 25.3. The second-order valence-electron chi connectivity index (χ2n) is 7.40. The van der Waals surface area contributed by atoms with Crippen LogP contribution in [-0.4, -0.2) is 52.7 Å². The third-order valence-electron chi connectivity index (χ3n) is 4.99. The highest BCUT2D eigenvalue weighted by molar-refractivity contribution is 5.92. The Morgan fingerprint density at radius 3 is 2.37 bits per heavy atom. The molecular weight excluding hydrogens is 382 g/mol. The van der Waals surface area contributed by atoms with Crippen molar-refractivity contribution < 1.29 is 24.0 Å². The maximum absolute atomic E-state index is 12.3. The molecule has 1 atom stereocenters. The molecule has 3 N–H and O–H groups in total. The van der Waals surface area contributed by atoms with E-state index in [1.165, 1.54) is 0 Å². The molecule has 1 unspecified atom stereocenters. The lowest BCUT2D eigenvalue weighted by Crippen LogP contribution is -3.11. The van der Waals surface area contributed by atoms with Gasteiger partial charge in [-0.1, -0.05) is 18.2 Å². The number of amides is 2. The molecule has 0 saturated carbocycles. The Balaban J connectivity index is 1.75. The number of anilines is 1. The molecule has 2 rings (SSSR count). The van der Waals surface area contributed by atoms with E-state index in [-0.39, 0.29) is 24.9 Å². The van der Waals surface area contributed by atoms with Gasteiger partial charge in [-0.05, 0) is 55.2 Å². The molecule has 0 bridgehead atoms. The number of methoxy groups -OCH3 is 2. The molecule has 0 heterocycles.